The first-order valence-electron chi connectivity index (χ1n) is 5.18. The second-order valence-corrected chi connectivity index (χ2v) is 3.73. The Kier molecular flexibility index (Phi) is 3.05. The Morgan fingerprint density at radius 2 is 2.29 bits per heavy atom. The zero-order valence-electron chi connectivity index (χ0n) is 9.34. The lowest BCUT2D eigenvalue weighted by atomic mass is 10.1. The Bertz CT molecular complexity index is 570. The van der Waals surface area contributed by atoms with Crippen molar-refractivity contribution in [3.05, 3.63) is 47.8 Å². The minimum Gasteiger partial charge on any atom is -0.478 e. The van der Waals surface area contributed by atoms with Gasteiger partial charge in [0, 0.05) is 11.6 Å². The number of aromatic amines is 1. The van der Waals surface area contributed by atoms with Crippen LogP contribution in [0.25, 0.3) is 17.5 Å². The van der Waals surface area contributed by atoms with Gasteiger partial charge in [-0.05, 0) is 19.1 Å². The molecule has 1 heterocycles. The number of hydrogen-bond donors (Lipinski definition) is 2. The zero-order valence-corrected chi connectivity index (χ0v) is 9.34. The van der Waals surface area contributed by atoms with Crippen molar-refractivity contribution < 1.29 is 9.90 Å². The maximum absolute atomic E-state index is 10.4. The minimum absolute atomic E-state index is 0.670. The van der Waals surface area contributed by atoms with E-state index >= 15 is 0 Å². The molecule has 17 heavy (non-hydrogen) atoms. The van der Waals surface area contributed by atoms with Crippen LogP contribution in [-0.2, 0) is 4.79 Å². The highest BCUT2D eigenvalue weighted by atomic mass is 16.4. The molecule has 0 radical (unpaired) electrons. The Labute approximate surface area is 98.6 Å². The molecule has 0 bridgehead atoms. The number of aromatic nitrogens is 2. The summed E-state index contributed by atoms with van der Waals surface area (Å²) in [7, 11) is 0. The predicted octanol–water partition coefficient (Wildman–Crippen LogP) is 2.48. The third-order valence-corrected chi connectivity index (χ3v) is 2.29. The van der Waals surface area contributed by atoms with Gasteiger partial charge in [0.05, 0.1) is 11.9 Å². The third kappa shape index (κ3) is 2.81. The highest BCUT2D eigenvalue weighted by molar-refractivity contribution is 5.84. The van der Waals surface area contributed by atoms with E-state index in [2.05, 4.69) is 9.97 Å². The van der Waals surface area contributed by atoms with Crippen molar-refractivity contribution in [1.29, 1.82) is 0 Å². The smallest absolute Gasteiger partial charge is 0.328 e. The summed E-state index contributed by atoms with van der Waals surface area (Å²) in [6.07, 6.45) is 4.17. The van der Waals surface area contributed by atoms with E-state index < -0.39 is 5.97 Å². The molecule has 4 heteroatoms. The van der Waals surface area contributed by atoms with Crippen LogP contribution in [0.2, 0.25) is 0 Å². The molecule has 0 fully saturated rings. The number of H-pyrrole nitrogens is 1. The van der Waals surface area contributed by atoms with Crippen molar-refractivity contribution in [2.24, 2.45) is 0 Å². The van der Waals surface area contributed by atoms with E-state index in [-0.39, 0.29) is 0 Å². The van der Waals surface area contributed by atoms with E-state index in [4.69, 9.17) is 5.11 Å². The molecule has 2 aromatic rings. The highest BCUT2D eigenvalue weighted by Gasteiger charge is 2.01. The topological polar surface area (TPSA) is 66.0 Å². The minimum atomic E-state index is -0.975. The van der Waals surface area contributed by atoms with Gasteiger partial charge in [0.2, 0.25) is 0 Å². The third-order valence-electron chi connectivity index (χ3n) is 2.29. The molecule has 2 rings (SSSR count). The van der Waals surface area contributed by atoms with Crippen LogP contribution < -0.4 is 0 Å². The van der Waals surface area contributed by atoms with E-state index in [1.54, 1.807) is 6.20 Å². The molecule has 0 unspecified atom stereocenters. The number of imidazole rings is 1. The Balaban J connectivity index is 2.27. The molecule has 4 nitrogen and oxygen atoms in total. The lowest BCUT2D eigenvalue weighted by Crippen LogP contribution is -1.85. The van der Waals surface area contributed by atoms with Crippen LogP contribution in [0.4, 0.5) is 0 Å². The lowest BCUT2D eigenvalue weighted by molar-refractivity contribution is -0.131. The van der Waals surface area contributed by atoms with Crippen molar-refractivity contribution >= 4 is 12.0 Å². The van der Waals surface area contributed by atoms with Gasteiger partial charge in [-0.2, -0.15) is 0 Å². The van der Waals surface area contributed by atoms with Gasteiger partial charge >= 0.3 is 5.97 Å². The van der Waals surface area contributed by atoms with Crippen molar-refractivity contribution in [1.82, 2.24) is 9.97 Å². The van der Waals surface area contributed by atoms with Crippen molar-refractivity contribution in [2.75, 3.05) is 0 Å². The van der Waals surface area contributed by atoms with Crippen LogP contribution in [0.5, 0.6) is 0 Å². The molecule has 1 aromatic carbocycles. The van der Waals surface area contributed by atoms with Gasteiger partial charge in [0.25, 0.3) is 0 Å². The summed E-state index contributed by atoms with van der Waals surface area (Å²) >= 11 is 0. The summed E-state index contributed by atoms with van der Waals surface area (Å²) in [5.74, 6) is -0.240. The second kappa shape index (κ2) is 4.65. The fourth-order valence-electron chi connectivity index (χ4n) is 1.52. The molecule has 0 aliphatic rings. The SMILES string of the molecule is Cc1cccc(-c2ncc(/C=C/C(=O)O)[nH]2)c1. The Hall–Kier alpha value is -2.36. The maximum Gasteiger partial charge on any atom is 0.328 e. The van der Waals surface area contributed by atoms with Gasteiger partial charge < -0.3 is 10.1 Å². The normalized spacial score (nSPS) is 10.9. The van der Waals surface area contributed by atoms with Crippen LogP contribution in [0.15, 0.2) is 36.5 Å². The van der Waals surface area contributed by atoms with Crippen LogP contribution >= 0.6 is 0 Å². The summed E-state index contributed by atoms with van der Waals surface area (Å²) in [4.78, 5) is 17.6. The van der Waals surface area contributed by atoms with Gasteiger partial charge in [0.1, 0.15) is 5.82 Å². The van der Waals surface area contributed by atoms with Crippen LogP contribution in [-0.4, -0.2) is 21.0 Å². The van der Waals surface area contributed by atoms with Gasteiger partial charge in [0.15, 0.2) is 0 Å². The fourth-order valence-corrected chi connectivity index (χ4v) is 1.52. The number of carbonyl (C=O) groups is 1. The van der Waals surface area contributed by atoms with E-state index in [9.17, 15) is 4.79 Å². The molecule has 86 valence electrons. The van der Waals surface area contributed by atoms with Crippen molar-refractivity contribution in [3.8, 4) is 11.4 Å². The van der Waals surface area contributed by atoms with Gasteiger partial charge in [-0.25, -0.2) is 9.78 Å². The highest BCUT2D eigenvalue weighted by Crippen LogP contribution is 2.17. The van der Waals surface area contributed by atoms with Crippen molar-refractivity contribution in [3.63, 3.8) is 0 Å². The first-order chi connectivity index (χ1) is 8.15. The Morgan fingerprint density at radius 1 is 1.47 bits per heavy atom. The molecule has 1 aromatic heterocycles. The molecule has 0 amide bonds. The fraction of sp³-hybridized carbons (Fsp3) is 0.0769. The summed E-state index contributed by atoms with van der Waals surface area (Å²) < 4.78 is 0. The molecule has 0 atom stereocenters. The quantitative estimate of drug-likeness (QED) is 0.793. The zero-order chi connectivity index (χ0) is 12.3. The predicted molar refractivity (Wildman–Crippen MR) is 65.4 cm³/mol. The molecule has 0 saturated heterocycles. The number of aliphatic carboxylic acids is 1. The summed E-state index contributed by atoms with van der Waals surface area (Å²) in [5.41, 5.74) is 2.81. The number of benzene rings is 1. The molecule has 0 spiro atoms. The number of hydrogen-bond acceptors (Lipinski definition) is 2. The van der Waals surface area contributed by atoms with Crippen LogP contribution in [0.1, 0.15) is 11.3 Å². The van der Waals surface area contributed by atoms with E-state index in [1.165, 1.54) is 6.08 Å². The number of nitrogens with zero attached hydrogens (tertiary/aromatic N) is 1. The first-order valence-corrected chi connectivity index (χ1v) is 5.18. The number of aryl methyl sites for hydroxylation is 1. The molecule has 0 aliphatic carbocycles. The molecular formula is C13H12N2O2. The first kappa shape index (κ1) is 11.1. The second-order valence-electron chi connectivity index (χ2n) is 3.73. The summed E-state index contributed by atoms with van der Waals surface area (Å²) in [6, 6.07) is 7.94. The summed E-state index contributed by atoms with van der Waals surface area (Å²) in [5, 5.41) is 8.51. The average molecular weight is 228 g/mol. The van der Waals surface area contributed by atoms with Crippen molar-refractivity contribution in [2.45, 2.75) is 6.92 Å². The molecule has 2 N–H and O–H groups in total. The van der Waals surface area contributed by atoms with E-state index in [0.717, 1.165) is 23.0 Å². The average Bonchev–Trinajstić information content (AvgIpc) is 2.75. The number of rotatable bonds is 3. The monoisotopic (exact) mass is 228 g/mol. The van der Waals surface area contributed by atoms with Gasteiger partial charge in [-0.15, -0.1) is 0 Å². The van der Waals surface area contributed by atoms with Crippen LogP contribution in [0.3, 0.4) is 0 Å². The van der Waals surface area contributed by atoms with Gasteiger partial charge in [-0.1, -0.05) is 23.8 Å². The molecule has 0 saturated carbocycles. The molecular weight excluding hydrogens is 216 g/mol. The largest absolute Gasteiger partial charge is 0.478 e. The lowest BCUT2D eigenvalue weighted by Gasteiger charge is -1.97. The van der Waals surface area contributed by atoms with E-state index in [0.29, 0.717) is 5.69 Å². The number of carboxylic acid groups (broad SMARTS) is 1. The van der Waals surface area contributed by atoms with Crippen LogP contribution in [0, 0.1) is 6.92 Å². The Morgan fingerprint density at radius 3 is 3.00 bits per heavy atom. The molecule has 0 aliphatic heterocycles. The summed E-state index contributed by atoms with van der Waals surface area (Å²) in [6.45, 7) is 2.01. The number of nitrogens with one attached hydrogen (secondary N) is 1. The maximum atomic E-state index is 10.4. The number of carboxylic acids is 1. The van der Waals surface area contributed by atoms with E-state index in [1.807, 2.05) is 31.2 Å². The van der Waals surface area contributed by atoms with Gasteiger partial charge in [-0.3, -0.25) is 0 Å². The standard InChI is InChI=1S/C13H12N2O2/c1-9-3-2-4-10(7-9)13-14-8-11(15-13)5-6-12(16)17/h2-8H,1H3,(H,14,15)(H,16,17)/b6-5+.